The lowest BCUT2D eigenvalue weighted by Gasteiger charge is -2.45. The first-order chi connectivity index (χ1) is 10.2. The van der Waals surface area contributed by atoms with Gasteiger partial charge in [0.25, 0.3) is 0 Å². The van der Waals surface area contributed by atoms with Crippen molar-refractivity contribution >= 4 is 27.9 Å². The Morgan fingerprint density at radius 3 is 2.95 bits per heavy atom. The molecule has 1 fully saturated rings. The van der Waals surface area contributed by atoms with Crippen LogP contribution in [0.1, 0.15) is 6.42 Å². The summed E-state index contributed by atoms with van der Waals surface area (Å²) in [5.74, 6) is 0.666. The summed E-state index contributed by atoms with van der Waals surface area (Å²) in [5, 5.41) is 19.8. The van der Waals surface area contributed by atoms with E-state index in [-0.39, 0.29) is 6.42 Å². The Bertz CT molecular complexity index is 874. The number of hydrogen-bond acceptors (Lipinski definition) is 6. The Balaban J connectivity index is 1.79. The van der Waals surface area contributed by atoms with E-state index in [2.05, 4.69) is 9.97 Å². The zero-order valence-electron chi connectivity index (χ0n) is 11.2. The number of aliphatic hydroxyl groups is 1. The van der Waals surface area contributed by atoms with E-state index < -0.39 is 5.60 Å². The van der Waals surface area contributed by atoms with Crippen molar-refractivity contribution in [3.8, 4) is 6.07 Å². The van der Waals surface area contributed by atoms with E-state index in [0.717, 1.165) is 16.5 Å². The average molecular weight is 280 g/mol. The number of fused-ring (bicyclic) bond motifs is 3. The van der Waals surface area contributed by atoms with Crippen LogP contribution < -0.4 is 4.90 Å². The number of aromatic nitrogens is 2. The van der Waals surface area contributed by atoms with E-state index in [0.29, 0.717) is 24.5 Å². The molecule has 1 aromatic carbocycles. The topological polar surface area (TPSA) is 86.2 Å². The predicted octanol–water partition coefficient (Wildman–Crippen LogP) is 1.84. The van der Waals surface area contributed by atoms with E-state index in [1.807, 2.05) is 35.2 Å². The first-order valence-corrected chi connectivity index (χ1v) is 6.67. The maximum Gasteiger partial charge on any atom is 0.196 e. The minimum absolute atomic E-state index is 0.123. The molecular formula is C15H12N4O2. The van der Waals surface area contributed by atoms with Gasteiger partial charge in [-0.2, -0.15) is 5.26 Å². The molecule has 0 saturated carbocycles. The molecule has 0 atom stereocenters. The molecule has 0 aliphatic carbocycles. The smallest absolute Gasteiger partial charge is 0.196 e. The fourth-order valence-corrected chi connectivity index (χ4v) is 2.81. The Morgan fingerprint density at radius 2 is 2.14 bits per heavy atom. The van der Waals surface area contributed by atoms with Crippen LogP contribution in [0.3, 0.4) is 0 Å². The van der Waals surface area contributed by atoms with Crippen molar-refractivity contribution in [1.29, 1.82) is 5.26 Å². The van der Waals surface area contributed by atoms with Crippen LogP contribution in [0.4, 0.5) is 5.82 Å². The van der Waals surface area contributed by atoms with Crippen LogP contribution in [0, 0.1) is 11.3 Å². The number of nitrogens with zero attached hydrogens (tertiary/aromatic N) is 4. The molecule has 3 heterocycles. The molecule has 0 spiro atoms. The second-order valence-corrected chi connectivity index (χ2v) is 5.39. The highest BCUT2D eigenvalue weighted by molar-refractivity contribution is 6.05. The molecule has 3 aromatic rings. The minimum atomic E-state index is -0.946. The lowest BCUT2D eigenvalue weighted by Crippen LogP contribution is -2.62. The van der Waals surface area contributed by atoms with Gasteiger partial charge in [-0.05, 0) is 12.1 Å². The molecule has 1 saturated heterocycles. The quantitative estimate of drug-likeness (QED) is 0.770. The molecule has 1 aliphatic rings. The molecule has 1 N–H and O–H groups in total. The second kappa shape index (κ2) is 4.17. The fraction of sp³-hybridized carbons (Fsp3) is 0.267. The lowest BCUT2D eigenvalue weighted by atomic mass is 9.91. The van der Waals surface area contributed by atoms with E-state index >= 15 is 0 Å². The lowest BCUT2D eigenvalue weighted by molar-refractivity contribution is 0.0163. The van der Waals surface area contributed by atoms with Crippen molar-refractivity contribution in [1.82, 2.24) is 9.97 Å². The Labute approximate surface area is 120 Å². The van der Waals surface area contributed by atoms with Crippen LogP contribution in [0.25, 0.3) is 22.1 Å². The molecule has 4 rings (SSSR count). The van der Waals surface area contributed by atoms with Gasteiger partial charge in [0.15, 0.2) is 11.4 Å². The number of para-hydroxylation sites is 1. The number of benzene rings is 1. The van der Waals surface area contributed by atoms with Crippen molar-refractivity contribution in [2.24, 2.45) is 0 Å². The number of β-amino-alcohol motifs (C(OH)–C–C–N with tert-alkyl or cyclic N) is 1. The fourth-order valence-electron chi connectivity index (χ4n) is 2.81. The predicted molar refractivity (Wildman–Crippen MR) is 76.7 cm³/mol. The zero-order chi connectivity index (χ0) is 14.4. The summed E-state index contributed by atoms with van der Waals surface area (Å²) < 4.78 is 5.86. The summed E-state index contributed by atoms with van der Waals surface area (Å²) in [4.78, 5) is 10.5. The largest absolute Gasteiger partial charge is 0.450 e. The summed E-state index contributed by atoms with van der Waals surface area (Å²) in [6.07, 6.45) is 1.62. The molecule has 1 aliphatic heterocycles. The zero-order valence-corrected chi connectivity index (χ0v) is 11.2. The molecule has 0 bridgehead atoms. The normalized spacial score (nSPS) is 16.9. The van der Waals surface area contributed by atoms with Gasteiger partial charge in [0, 0.05) is 5.39 Å². The third-order valence-corrected chi connectivity index (χ3v) is 3.82. The molecule has 0 radical (unpaired) electrons. The van der Waals surface area contributed by atoms with Crippen LogP contribution in [-0.4, -0.2) is 33.8 Å². The molecule has 0 amide bonds. The van der Waals surface area contributed by atoms with Gasteiger partial charge < -0.3 is 14.4 Å². The van der Waals surface area contributed by atoms with Crippen LogP contribution in [0.2, 0.25) is 0 Å². The number of nitriles is 1. The van der Waals surface area contributed by atoms with Crippen LogP contribution in [-0.2, 0) is 0 Å². The van der Waals surface area contributed by atoms with Crippen molar-refractivity contribution in [2.75, 3.05) is 18.0 Å². The monoisotopic (exact) mass is 280 g/mol. The summed E-state index contributed by atoms with van der Waals surface area (Å²) in [6.45, 7) is 0.757. The molecule has 6 heteroatoms. The van der Waals surface area contributed by atoms with E-state index in [9.17, 15) is 5.11 Å². The third-order valence-electron chi connectivity index (χ3n) is 3.82. The molecule has 6 nitrogen and oxygen atoms in total. The molecular weight excluding hydrogens is 268 g/mol. The molecule has 2 aromatic heterocycles. The second-order valence-electron chi connectivity index (χ2n) is 5.39. The SMILES string of the molecule is N#CCC1(O)CN(c2ncnc3c2oc2ccccc23)C1. The van der Waals surface area contributed by atoms with Crippen molar-refractivity contribution in [3.63, 3.8) is 0 Å². The highest BCUT2D eigenvalue weighted by Crippen LogP contribution is 2.36. The summed E-state index contributed by atoms with van der Waals surface area (Å²) in [6, 6.07) is 9.71. The maximum atomic E-state index is 10.1. The highest BCUT2D eigenvalue weighted by atomic mass is 16.3. The van der Waals surface area contributed by atoms with E-state index in [1.165, 1.54) is 6.33 Å². The Kier molecular flexibility index (Phi) is 2.41. The number of rotatable bonds is 2. The van der Waals surface area contributed by atoms with Crippen molar-refractivity contribution < 1.29 is 9.52 Å². The number of furan rings is 1. The van der Waals surface area contributed by atoms with E-state index in [1.54, 1.807) is 0 Å². The summed E-state index contributed by atoms with van der Waals surface area (Å²) in [5.41, 5.74) is 1.21. The van der Waals surface area contributed by atoms with Gasteiger partial charge in [0.05, 0.1) is 25.6 Å². The van der Waals surface area contributed by atoms with E-state index in [4.69, 9.17) is 9.68 Å². The Morgan fingerprint density at radius 1 is 1.33 bits per heavy atom. The highest BCUT2D eigenvalue weighted by Gasteiger charge is 2.42. The van der Waals surface area contributed by atoms with Gasteiger partial charge in [0.1, 0.15) is 23.0 Å². The van der Waals surface area contributed by atoms with Crippen LogP contribution in [0.15, 0.2) is 35.0 Å². The average Bonchev–Trinajstić information content (AvgIpc) is 2.83. The summed E-state index contributed by atoms with van der Waals surface area (Å²) in [7, 11) is 0. The van der Waals surface area contributed by atoms with Gasteiger partial charge in [-0.25, -0.2) is 9.97 Å². The minimum Gasteiger partial charge on any atom is -0.450 e. The van der Waals surface area contributed by atoms with Crippen LogP contribution in [0.5, 0.6) is 0 Å². The first kappa shape index (κ1) is 12.1. The van der Waals surface area contributed by atoms with Crippen molar-refractivity contribution in [2.45, 2.75) is 12.0 Å². The molecule has 0 unspecified atom stereocenters. The first-order valence-electron chi connectivity index (χ1n) is 6.67. The standard InChI is InChI=1S/C15H12N4O2/c16-6-5-15(20)7-19(8-15)14-13-12(17-9-18-14)10-3-1-2-4-11(10)21-13/h1-4,9,20H,5,7-8H2. The third kappa shape index (κ3) is 1.75. The molecule has 21 heavy (non-hydrogen) atoms. The Hall–Kier alpha value is -2.65. The van der Waals surface area contributed by atoms with Gasteiger partial charge in [-0.15, -0.1) is 0 Å². The maximum absolute atomic E-state index is 10.1. The van der Waals surface area contributed by atoms with Gasteiger partial charge in [0.2, 0.25) is 0 Å². The molecule has 104 valence electrons. The van der Waals surface area contributed by atoms with Gasteiger partial charge in [-0.1, -0.05) is 12.1 Å². The number of anilines is 1. The van der Waals surface area contributed by atoms with Crippen LogP contribution >= 0.6 is 0 Å². The summed E-state index contributed by atoms with van der Waals surface area (Å²) >= 11 is 0. The van der Waals surface area contributed by atoms with Crippen molar-refractivity contribution in [3.05, 3.63) is 30.6 Å². The van der Waals surface area contributed by atoms with Gasteiger partial charge >= 0.3 is 0 Å². The number of hydrogen-bond donors (Lipinski definition) is 1. The van der Waals surface area contributed by atoms with Gasteiger partial charge in [-0.3, -0.25) is 0 Å².